The van der Waals surface area contributed by atoms with Crippen LogP contribution < -0.4 is 0 Å². The highest BCUT2D eigenvalue weighted by Gasteiger charge is 2.20. The number of allylic oxidation sites excluding steroid dienone is 2. The smallest absolute Gasteiger partial charge is 0.0992 e. The maximum Gasteiger partial charge on any atom is 0.0992 e. The van der Waals surface area contributed by atoms with Crippen LogP contribution in [0.2, 0.25) is 0 Å². The molecule has 0 spiro atoms. The van der Waals surface area contributed by atoms with Gasteiger partial charge < -0.3 is 4.57 Å². The van der Waals surface area contributed by atoms with E-state index < -0.39 is 0 Å². The average molecular weight is 638 g/mol. The van der Waals surface area contributed by atoms with E-state index in [0.29, 0.717) is 11.1 Å². The summed E-state index contributed by atoms with van der Waals surface area (Å²) in [7, 11) is 0. The van der Waals surface area contributed by atoms with E-state index in [2.05, 4.69) is 133 Å². The summed E-state index contributed by atoms with van der Waals surface area (Å²) in [6.45, 7) is 5.96. The lowest BCUT2D eigenvalue weighted by atomic mass is 9.85. The minimum Gasteiger partial charge on any atom is -0.309 e. The highest BCUT2D eigenvalue weighted by molar-refractivity contribution is 6.21. The highest BCUT2D eigenvalue weighted by Crippen LogP contribution is 2.44. The second-order valence-electron chi connectivity index (χ2n) is 12.4. The number of hydrogen-bond donors (Lipinski definition) is 0. The van der Waals surface area contributed by atoms with Crippen molar-refractivity contribution in [2.24, 2.45) is 0 Å². The summed E-state index contributed by atoms with van der Waals surface area (Å²) in [6, 6.07) is 53.1. The van der Waals surface area contributed by atoms with Gasteiger partial charge in [0.2, 0.25) is 0 Å². The van der Waals surface area contributed by atoms with Gasteiger partial charge in [0, 0.05) is 16.6 Å². The number of hydrogen-bond acceptors (Lipinski definition) is 2. The fourth-order valence-electron chi connectivity index (χ4n) is 7.36. The van der Waals surface area contributed by atoms with Crippen LogP contribution in [0.3, 0.4) is 0 Å². The SMILES string of the molecule is C=C/C=C\c1c(C)c2cc(C#N)ccc2n1-c1cc(C#N)ccc1-c1ccc(-c2c3ccccc3c(-c3ccccc3)c3ccccc23)cc1. The quantitative estimate of drug-likeness (QED) is 0.135. The molecule has 0 radical (unpaired) electrons. The van der Waals surface area contributed by atoms with Gasteiger partial charge >= 0.3 is 0 Å². The van der Waals surface area contributed by atoms with Crippen LogP contribution in [0.25, 0.3) is 77.6 Å². The summed E-state index contributed by atoms with van der Waals surface area (Å²) < 4.78 is 2.19. The molecule has 0 amide bonds. The predicted octanol–water partition coefficient (Wildman–Crippen LogP) is 12.2. The van der Waals surface area contributed by atoms with Crippen molar-refractivity contribution < 1.29 is 0 Å². The van der Waals surface area contributed by atoms with Crippen molar-refractivity contribution in [3.8, 4) is 51.2 Å². The van der Waals surface area contributed by atoms with Crippen LogP contribution in [0.15, 0.2) is 158 Å². The summed E-state index contributed by atoms with van der Waals surface area (Å²) in [4.78, 5) is 0. The summed E-state index contributed by atoms with van der Waals surface area (Å²) >= 11 is 0. The number of aryl methyl sites for hydroxylation is 1. The van der Waals surface area contributed by atoms with Gasteiger partial charge in [-0.1, -0.05) is 128 Å². The molecule has 1 heterocycles. The molecule has 0 aliphatic carbocycles. The molecule has 0 aliphatic heterocycles. The Morgan fingerprint density at radius 1 is 0.560 bits per heavy atom. The zero-order valence-corrected chi connectivity index (χ0v) is 27.6. The molecule has 0 fully saturated rings. The topological polar surface area (TPSA) is 52.5 Å². The summed E-state index contributed by atoms with van der Waals surface area (Å²) in [5.74, 6) is 0. The van der Waals surface area contributed by atoms with E-state index in [1.807, 2.05) is 48.6 Å². The third-order valence-electron chi connectivity index (χ3n) is 9.63. The molecular formula is C47H31N3. The zero-order chi connectivity index (χ0) is 34.2. The predicted molar refractivity (Wildman–Crippen MR) is 208 cm³/mol. The van der Waals surface area contributed by atoms with Crippen molar-refractivity contribution in [2.75, 3.05) is 0 Å². The summed E-state index contributed by atoms with van der Waals surface area (Å²) in [5, 5.41) is 25.5. The Bertz CT molecular complexity index is 2670. The lowest BCUT2D eigenvalue weighted by molar-refractivity contribution is 1.10. The van der Waals surface area contributed by atoms with E-state index in [-0.39, 0.29) is 0 Å². The second-order valence-corrected chi connectivity index (χ2v) is 12.4. The molecule has 0 N–H and O–H groups in total. The lowest BCUT2D eigenvalue weighted by Gasteiger charge is -2.18. The van der Waals surface area contributed by atoms with Gasteiger partial charge in [-0.15, -0.1) is 0 Å². The molecule has 3 nitrogen and oxygen atoms in total. The van der Waals surface area contributed by atoms with Crippen LogP contribution in [0.4, 0.5) is 0 Å². The van der Waals surface area contributed by atoms with Gasteiger partial charge in [0.05, 0.1) is 34.5 Å². The molecule has 8 rings (SSSR count). The first kappa shape index (κ1) is 30.4. The molecule has 0 atom stereocenters. The summed E-state index contributed by atoms with van der Waals surface area (Å²) in [5.41, 5.74) is 11.9. The highest BCUT2D eigenvalue weighted by atomic mass is 15.0. The van der Waals surface area contributed by atoms with E-state index in [1.54, 1.807) is 6.08 Å². The Morgan fingerprint density at radius 3 is 1.66 bits per heavy atom. The van der Waals surface area contributed by atoms with Crippen LogP contribution in [-0.4, -0.2) is 4.57 Å². The number of aromatic nitrogens is 1. The summed E-state index contributed by atoms with van der Waals surface area (Å²) in [6.07, 6.45) is 5.71. The normalized spacial score (nSPS) is 11.3. The van der Waals surface area contributed by atoms with Crippen LogP contribution in [0.1, 0.15) is 22.4 Å². The number of nitrogens with zero attached hydrogens (tertiary/aromatic N) is 3. The molecule has 1 aromatic heterocycles. The van der Waals surface area contributed by atoms with Crippen molar-refractivity contribution in [2.45, 2.75) is 6.92 Å². The number of fused-ring (bicyclic) bond motifs is 3. The van der Waals surface area contributed by atoms with Gasteiger partial charge in [-0.2, -0.15) is 10.5 Å². The van der Waals surface area contributed by atoms with Gasteiger partial charge in [-0.3, -0.25) is 0 Å². The first-order valence-corrected chi connectivity index (χ1v) is 16.6. The van der Waals surface area contributed by atoms with Crippen LogP contribution in [-0.2, 0) is 0 Å². The Hall–Kier alpha value is -6.94. The number of benzene rings is 7. The van der Waals surface area contributed by atoms with E-state index in [1.165, 1.54) is 38.2 Å². The second kappa shape index (κ2) is 12.6. The molecule has 0 unspecified atom stereocenters. The van der Waals surface area contributed by atoms with Gasteiger partial charge in [0.15, 0.2) is 0 Å². The molecule has 0 saturated carbocycles. The molecular weight excluding hydrogens is 607 g/mol. The minimum atomic E-state index is 0.573. The molecule has 0 bridgehead atoms. The van der Waals surface area contributed by atoms with Crippen molar-refractivity contribution in [3.05, 3.63) is 181 Å². The van der Waals surface area contributed by atoms with Gasteiger partial charge in [0.1, 0.15) is 0 Å². The van der Waals surface area contributed by atoms with Crippen molar-refractivity contribution in [3.63, 3.8) is 0 Å². The van der Waals surface area contributed by atoms with E-state index in [0.717, 1.165) is 44.5 Å². The molecule has 7 aromatic carbocycles. The standard InChI is InChI=1S/C47H31N3/c1-3-4-18-43-31(2)42-27-32(29-48)20-26-44(42)50(43)45-28-33(30-49)19-25-37(45)34-21-23-36(24-22-34)47-40-16-10-8-14-38(40)46(35-12-6-5-7-13-35)39-15-9-11-17-41(39)47/h3-28H,1H2,2H3/b18-4-. The van der Waals surface area contributed by atoms with E-state index in [4.69, 9.17) is 0 Å². The zero-order valence-electron chi connectivity index (χ0n) is 27.6. The average Bonchev–Trinajstić information content (AvgIpc) is 3.45. The van der Waals surface area contributed by atoms with Gasteiger partial charge in [-0.25, -0.2) is 0 Å². The largest absolute Gasteiger partial charge is 0.309 e. The van der Waals surface area contributed by atoms with E-state index >= 15 is 0 Å². The number of rotatable bonds is 6. The Labute approximate surface area is 291 Å². The molecule has 8 aromatic rings. The molecule has 50 heavy (non-hydrogen) atoms. The monoisotopic (exact) mass is 637 g/mol. The molecule has 0 saturated heterocycles. The van der Waals surface area contributed by atoms with Crippen molar-refractivity contribution in [1.82, 2.24) is 4.57 Å². The maximum absolute atomic E-state index is 9.97. The van der Waals surface area contributed by atoms with Crippen molar-refractivity contribution in [1.29, 1.82) is 10.5 Å². The lowest BCUT2D eigenvalue weighted by Crippen LogP contribution is -2.01. The molecule has 3 heteroatoms. The fraction of sp³-hybridized carbons (Fsp3) is 0.0213. The van der Waals surface area contributed by atoms with Crippen LogP contribution in [0, 0.1) is 29.6 Å². The minimum absolute atomic E-state index is 0.573. The third-order valence-corrected chi connectivity index (χ3v) is 9.63. The third kappa shape index (κ3) is 4.98. The molecule has 0 aliphatic rings. The Balaban J connectivity index is 1.34. The van der Waals surface area contributed by atoms with Gasteiger partial charge in [0.25, 0.3) is 0 Å². The van der Waals surface area contributed by atoms with Gasteiger partial charge in [-0.05, 0) is 98.3 Å². The van der Waals surface area contributed by atoms with Crippen LogP contribution >= 0.6 is 0 Å². The Morgan fingerprint density at radius 2 is 1.08 bits per heavy atom. The van der Waals surface area contributed by atoms with Crippen molar-refractivity contribution >= 4 is 38.5 Å². The number of nitriles is 2. The Kier molecular flexibility index (Phi) is 7.65. The maximum atomic E-state index is 9.97. The fourth-order valence-corrected chi connectivity index (χ4v) is 7.36. The van der Waals surface area contributed by atoms with Crippen LogP contribution in [0.5, 0.6) is 0 Å². The van der Waals surface area contributed by atoms with E-state index in [9.17, 15) is 10.5 Å². The first-order chi connectivity index (χ1) is 24.6. The first-order valence-electron chi connectivity index (χ1n) is 16.6. The molecule has 234 valence electrons.